The lowest BCUT2D eigenvalue weighted by Crippen LogP contribution is -2.31. The lowest BCUT2D eigenvalue weighted by atomic mass is 9.94. The van der Waals surface area contributed by atoms with Gasteiger partial charge in [0.15, 0.2) is 5.76 Å². The minimum absolute atomic E-state index is 0.0777. The number of hydrogen-bond donors (Lipinski definition) is 1. The number of ether oxygens (including phenoxy) is 1. The molecule has 1 atom stereocenters. The van der Waals surface area contributed by atoms with Gasteiger partial charge in [-0.3, -0.25) is 14.5 Å². The molecule has 0 aliphatic carbocycles. The Morgan fingerprint density at radius 1 is 1.10 bits per heavy atom. The zero-order chi connectivity index (χ0) is 20.5. The van der Waals surface area contributed by atoms with Crippen LogP contribution in [0.25, 0.3) is 0 Å². The highest BCUT2D eigenvalue weighted by molar-refractivity contribution is 7.12. The Kier molecular flexibility index (Phi) is 4.94. The number of rotatable bonds is 5. The second-order valence-electron chi connectivity index (χ2n) is 6.73. The van der Waals surface area contributed by atoms with Gasteiger partial charge in [0.2, 0.25) is 5.78 Å². The Labute approximate surface area is 172 Å². The molecule has 1 aromatic heterocycles. The van der Waals surface area contributed by atoms with Crippen molar-refractivity contribution in [1.82, 2.24) is 0 Å². The zero-order valence-corrected chi connectivity index (χ0v) is 16.8. The van der Waals surface area contributed by atoms with Gasteiger partial charge in [0.25, 0.3) is 5.91 Å². The van der Waals surface area contributed by atoms with Crippen molar-refractivity contribution in [2.45, 2.75) is 13.0 Å². The van der Waals surface area contributed by atoms with Gasteiger partial charge in [0.05, 0.1) is 29.3 Å². The van der Waals surface area contributed by atoms with E-state index in [4.69, 9.17) is 4.74 Å². The van der Waals surface area contributed by atoms with E-state index in [1.165, 1.54) is 23.3 Å². The number of para-hydroxylation sites is 2. The highest BCUT2D eigenvalue weighted by Gasteiger charge is 2.45. The van der Waals surface area contributed by atoms with Crippen molar-refractivity contribution in [2.24, 2.45) is 0 Å². The van der Waals surface area contributed by atoms with Gasteiger partial charge in [-0.2, -0.15) is 0 Å². The molecule has 0 spiro atoms. The zero-order valence-electron chi connectivity index (χ0n) is 16.0. The molecule has 1 unspecified atom stereocenters. The van der Waals surface area contributed by atoms with Crippen molar-refractivity contribution >= 4 is 28.7 Å². The Bertz CT molecular complexity index is 1120. The lowest BCUT2D eigenvalue weighted by Gasteiger charge is -2.28. The molecule has 1 aliphatic rings. The predicted molar refractivity (Wildman–Crippen MR) is 113 cm³/mol. The van der Waals surface area contributed by atoms with Crippen LogP contribution in [0.15, 0.2) is 77.4 Å². The van der Waals surface area contributed by atoms with Crippen molar-refractivity contribution in [1.29, 1.82) is 0 Å². The summed E-state index contributed by atoms with van der Waals surface area (Å²) in [6, 6.07) is 17.4. The standard InChI is InChI=1S/C23H19NO4S/c1-14-7-5-8-15(13-14)20-19(21(25)18-11-6-12-29-18)22(26)23(27)24(20)16-9-3-4-10-17(16)28-2/h3-13,20,26H,1-2H3. The summed E-state index contributed by atoms with van der Waals surface area (Å²) in [6.07, 6.45) is 0. The fourth-order valence-corrected chi connectivity index (χ4v) is 4.29. The van der Waals surface area contributed by atoms with Crippen LogP contribution in [0.2, 0.25) is 0 Å². The summed E-state index contributed by atoms with van der Waals surface area (Å²) < 4.78 is 5.44. The SMILES string of the molecule is COc1ccccc1N1C(=O)C(O)=C(C(=O)c2cccs2)C1c1cccc(C)c1. The Morgan fingerprint density at radius 2 is 1.90 bits per heavy atom. The fraction of sp³-hybridized carbons (Fsp3) is 0.130. The molecule has 2 heterocycles. The Balaban J connectivity index is 1.92. The number of carbonyl (C=O) groups is 2. The minimum atomic E-state index is -0.756. The third kappa shape index (κ3) is 3.21. The van der Waals surface area contributed by atoms with Crippen LogP contribution in [-0.2, 0) is 4.79 Å². The van der Waals surface area contributed by atoms with E-state index in [0.29, 0.717) is 16.3 Å². The lowest BCUT2D eigenvalue weighted by molar-refractivity contribution is -0.117. The number of hydrogen-bond acceptors (Lipinski definition) is 5. The van der Waals surface area contributed by atoms with Gasteiger partial charge in [-0.15, -0.1) is 11.3 Å². The van der Waals surface area contributed by atoms with Crippen LogP contribution in [0.1, 0.15) is 26.8 Å². The first kappa shape index (κ1) is 19.0. The molecule has 0 fully saturated rings. The van der Waals surface area contributed by atoms with Gasteiger partial charge in [0, 0.05) is 0 Å². The largest absolute Gasteiger partial charge is 0.503 e. The highest BCUT2D eigenvalue weighted by atomic mass is 32.1. The van der Waals surface area contributed by atoms with Gasteiger partial charge in [-0.25, -0.2) is 0 Å². The number of Topliss-reactive ketones (excluding diaryl/α,β-unsaturated/α-hetero) is 1. The molecule has 0 bridgehead atoms. The number of amides is 1. The molecule has 0 saturated heterocycles. The number of ketones is 1. The summed E-state index contributed by atoms with van der Waals surface area (Å²) in [5.74, 6) is -1.02. The third-order valence-corrected chi connectivity index (χ3v) is 5.77. The number of nitrogens with zero attached hydrogens (tertiary/aromatic N) is 1. The summed E-state index contributed by atoms with van der Waals surface area (Å²) >= 11 is 1.28. The summed E-state index contributed by atoms with van der Waals surface area (Å²) in [4.78, 5) is 28.3. The first-order chi connectivity index (χ1) is 14.0. The van der Waals surface area contributed by atoms with Gasteiger partial charge in [-0.05, 0) is 36.1 Å². The molecular weight excluding hydrogens is 386 g/mol. The third-order valence-electron chi connectivity index (χ3n) is 4.90. The van der Waals surface area contributed by atoms with Gasteiger partial charge in [0.1, 0.15) is 5.75 Å². The van der Waals surface area contributed by atoms with Crippen molar-refractivity contribution in [3.8, 4) is 5.75 Å². The Morgan fingerprint density at radius 3 is 2.59 bits per heavy atom. The summed E-state index contributed by atoms with van der Waals surface area (Å²) in [5, 5.41) is 12.5. The molecule has 0 saturated carbocycles. The monoisotopic (exact) mass is 405 g/mol. The van der Waals surface area contributed by atoms with Gasteiger partial charge >= 0.3 is 0 Å². The maximum atomic E-state index is 13.2. The number of carbonyl (C=O) groups excluding carboxylic acids is 2. The number of thiophene rings is 1. The van der Waals surface area contributed by atoms with Crippen LogP contribution in [0.5, 0.6) is 5.75 Å². The van der Waals surface area contributed by atoms with E-state index in [9.17, 15) is 14.7 Å². The van der Waals surface area contributed by atoms with E-state index in [0.717, 1.165) is 11.1 Å². The molecule has 3 aromatic rings. The van der Waals surface area contributed by atoms with E-state index in [1.54, 1.807) is 41.8 Å². The molecule has 5 nitrogen and oxygen atoms in total. The molecule has 2 aromatic carbocycles. The predicted octanol–water partition coefficient (Wildman–Crippen LogP) is 4.85. The van der Waals surface area contributed by atoms with Crippen LogP contribution < -0.4 is 9.64 Å². The van der Waals surface area contributed by atoms with E-state index < -0.39 is 17.7 Å². The quantitative estimate of drug-likeness (QED) is 0.617. The summed E-state index contributed by atoms with van der Waals surface area (Å²) in [6.45, 7) is 1.94. The second-order valence-corrected chi connectivity index (χ2v) is 7.68. The molecule has 1 N–H and O–H groups in total. The molecule has 0 radical (unpaired) electrons. The van der Waals surface area contributed by atoms with Gasteiger partial charge in [-0.1, -0.05) is 48.0 Å². The van der Waals surface area contributed by atoms with E-state index in [-0.39, 0.29) is 11.4 Å². The summed E-state index contributed by atoms with van der Waals surface area (Å²) in [5.41, 5.74) is 2.30. The average molecular weight is 405 g/mol. The number of aryl methyl sites for hydroxylation is 1. The molecule has 146 valence electrons. The fourth-order valence-electron chi connectivity index (χ4n) is 3.61. The topological polar surface area (TPSA) is 66.8 Å². The normalized spacial score (nSPS) is 16.4. The van der Waals surface area contributed by atoms with Crippen LogP contribution in [-0.4, -0.2) is 23.9 Å². The number of benzene rings is 2. The number of anilines is 1. The van der Waals surface area contributed by atoms with Crippen LogP contribution in [0.3, 0.4) is 0 Å². The van der Waals surface area contributed by atoms with Crippen molar-refractivity contribution in [3.63, 3.8) is 0 Å². The Hall–Kier alpha value is -3.38. The van der Waals surface area contributed by atoms with Crippen molar-refractivity contribution in [2.75, 3.05) is 12.0 Å². The van der Waals surface area contributed by atoms with Crippen LogP contribution in [0, 0.1) is 6.92 Å². The first-order valence-electron chi connectivity index (χ1n) is 9.07. The smallest absolute Gasteiger partial charge is 0.294 e. The molecule has 1 aliphatic heterocycles. The molecule has 1 amide bonds. The van der Waals surface area contributed by atoms with Crippen LogP contribution >= 0.6 is 11.3 Å². The number of methoxy groups -OCH3 is 1. The van der Waals surface area contributed by atoms with E-state index >= 15 is 0 Å². The molecular formula is C23H19NO4S. The molecule has 29 heavy (non-hydrogen) atoms. The second kappa shape index (κ2) is 7.56. The maximum Gasteiger partial charge on any atom is 0.294 e. The molecule has 4 rings (SSSR count). The summed E-state index contributed by atoms with van der Waals surface area (Å²) in [7, 11) is 1.52. The molecule has 6 heteroatoms. The first-order valence-corrected chi connectivity index (χ1v) is 9.95. The van der Waals surface area contributed by atoms with Crippen molar-refractivity contribution < 1.29 is 19.4 Å². The van der Waals surface area contributed by atoms with Gasteiger partial charge < -0.3 is 9.84 Å². The van der Waals surface area contributed by atoms with E-state index in [1.807, 2.05) is 31.2 Å². The van der Waals surface area contributed by atoms with Crippen molar-refractivity contribution in [3.05, 3.63) is 93.4 Å². The van der Waals surface area contributed by atoms with Crippen LogP contribution in [0.4, 0.5) is 5.69 Å². The highest BCUT2D eigenvalue weighted by Crippen LogP contribution is 2.45. The average Bonchev–Trinajstić information content (AvgIpc) is 3.35. The number of aliphatic hydroxyl groups excluding tert-OH is 1. The van der Waals surface area contributed by atoms with E-state index in [2.05, 4.69) is 0 Å². The number of aliphatic hydroxyl groups is 1. The maximum absolute atomic E-state index is 13.2. The minimum Gasteiger partial charge on any atom is -0.503 e.